The van der Waals surface area contributed by atoms with Gasteiger partial charge in [0.2, 0.25) is 0 Å². The Bertz CT molecular complexity index is 116. The van der Waals surface area contributed by atoms with E-state index in [0.29, 0.717) is 13.0 Å². The highest BCUT2D eigenvalue weighted by Crippen LogP contribution is 1.96. The lowest BCUT2D eigenvalue weighted by Crippen LogP contribution is -2.03. The third-order valence-electron chi connectivity index (χ3n) is 0.751. The molecule has 0 aliphatic carbocycles. The molecule has 0 unspecified atom stereocenters. The normalized spacial score (nSPS) is 8.67. The second-order valence-electron chi connectivity index (χ2n) is 1.94. The Hall–Kier alpha value is -0.790. The molecular formula is C7H12O2. The van der Waals surface area contributed by atoms with Crippen molar-refractivity contribution in [2.24, 2.45) is 0 Å². The van der Waals surface area contributed by atoms with Crippen molar-refractivity contribution < 1.29 is 9.53 Å². The summed E-state index contributed by atoms with van der Waals surface area (Å²) in [7, 11) is 0. The van der Waals surface area contributed by atoms with Gasteiger partial charge in [0, 0.05) is 0 Å². The van der Waals surface area contributed by atoms with E-state index < -0.39 is 0 Å². The fourth-order valence-electron chi connectivity index (χ4n) is 0.458. The number of carbonyl (C=O) groups is 1. The summed E-state index contributed by atoms with van der Waals surface area (Å²) in [5.41, 5.74) is 0.841. The van der Waals surface area contributed by atoms with Crippen LogP contribution >= 0.6 is 0 Å². The molecule has 0 saturated carbocycles. The molecule has 0 rings (SSSR count). The molecule has 2 nitrogen and oxygen atoms in total. The van der Waals surface area contributed by atoms with Gasteiger partial charge < -0.3 is 4.74 Å². The zero-order valence-electron chi connectivity index (χ0n) is 5.94. The van der Waals surface area contributed by atoms with E-state index in [0.717, 1.165) is 5.57 Å². The van der Waals surface area contributed by atoms with Crippen molar-refractivity contribution in [3.8, 4) is 0 Å². The average Bonchev–Trinajstić information content (AvgIpc) is 1.63. The summed E-state index contributed by atoms with van der Waals surface area (Å²) < 4.78 is 4.65. The summed E-state index contributed by atoms with van der Waals surface area (Å²) in [6.07, 6.45) is 0.341. The van der Waals surface area contributed by atoms with Crippen LogP contribution < -0.4 is 0 Å². The molecular weight excluding hydrogens is 116 g/mol. The highest BCUT2D eigenvalue weighted by Gasteiger charge is 1.98. The van der Waals surface area contributed by atoms with Gasteiger partial charge in [-0.05, 0) is 13.8 Å². The van der Waals surface area contributed by atoms with Crippen LogP contribution in [0.2, 0.25) is 0 Å². The molecule has 0 saturated heterocycles. The molecule has 0 fully saturated rings. The van der Waals surface area contributed by atoms with Crippen LogP contribution in [0.4, 0.5) is 0 Å². The van der Waals surface area contributed by atoms with Gasteiger partial charge in [0.1, 0.15) is 0 Å². The van der Waals surface area contributed by atoms with E-state index in [1.165, 1.54) is 0 Å². The number of hydrogen-bond donors (Lipinski definition) is 0. The summed E-state index contributed by atoms with van der Waals surface area (Å²) >= 11 is 0. The highest BCUT2D eigenvalue weighted by molar-refractivity contribution is 5.71. The van der Waals surface area contributed by atoms with Crippen LogP contribution in [0.3, 0.4) is 0 Å². The Morgan fingerprint density at radius 1 is 1.67 bits per heavy atom. The summed E-state index contributed by atoms with van der Waals surface area (Å²) in [4.78, 5) is 10.6. The average molecular weight is 128 g/mol. The molecule has 0 bridgehead atoms. The van der Waals surface area contributed by atoms with Crippen molar-refractivity contribution in [1.29, 1.82) is 0 Å². The van der Waals surface area contributed by atoms with Gasteiger partial charge in [-0.15, -0.1) is 0 Å². The Labute approximate surface area is 55.5 Å². The fraction of sp³-hybridized carbons (Fsp3) is 0.571. The maximum Gasteiger partial charge on any atom is 0.309 e. The summed E-state index contributed by atoms with van der Waals surface area (Å²) in [6.45, 7) is 7.62. The summed E-state index contributed by atoms with van der Waals surface area (Å²) in [5, 5.41) is 0. The lowest BCUT2D eigenvalue weighted by atomic mass is 10.2. The minimum absolute atomic E-state index is 0.190. The highest BCUT2D eigenvalue weighted by atomic mass is 16.5. The zero-order chi connectivity index (χ0) is 7.28. The number of rotatable bonds is 3. The lowest BCUT2D eigenvalue weighted by molar-refractivity contribution is -0.142. The fourth-order valence-corrected chi connectivity index (χ4v) is 0.458. The van der Waals surface area contributed by atoms with Gasteiger partial charge in [-0.25, -0.2) is 0 Å². The van der Waals surface area contributed by atoms with Crippen molar-refractivity contribution in [3.63, 3.8) is 0 Å². The van der Waals surface area contributed by atoms with Crippen LogP contribution in [0.25, 0.3) is 0 Å². The molecule has 0 spiro atoms. The summed E-state index contributed by atoms with van der Waals surface area (Å²) in [5.74, 6) is -0.190. The molecule has 0 atom stereocenters. The number of hydrogen-bond acceptors (Lipinski definition) is 2. The van der Waals surface area contributed by atoms with Gasteiger partial charge in [0.05, 0.1) is 13.0 Å². The maximum absolute atomic E-state index is 10.6. The third kappa shape index (κ3) is 5.07. The monoisotopic (exact) mass is 128 g/mol. The van der Waals surface area contributed by atoms with Gasteiger partial charge in [0.15, 0.2) is 0 Å². The largest absolute Gasteiger partial charge is 0.466 e. The van der Waals surface area contributed by atoms with Gasteiger partial charge in [-0.2, -0.15) is 0 Å². The van der Waals surface area contributed by atoms with Crippen molar-refractivity contribution in [2.45, 2.75) is 20.3 Å². The molecule has 0 aromatic rings. The van der Waals surface area contributed by atoms with E-state index in [4.69, 9.17) is 0 Å². The van der Waals surface area contributed by atoms with E-state index in [-0.39, 0.29) is 5.97 Å². The maximum atomic E-state index is 10.6. The minimum atomic E-state index is -0.190. The first-order valence-electron chi connectivity index (χ1n) is 2.96. The second kappa shape index (κ2) is 4.13. The predicted molar refractivity (Wildman–Crippen MR) is 36.1 cm³/mol. The smallest absolute Gasteiger partial charge is 0.309 e. The van der Waals surface area contributed by atoms with E-state index >= 15 is 0 Å². The van der Waals surface area contributed by atoms with Crippen LogP contribution in [0, 0.1) is 0 Å². The Morgan fingerprint density at radius 3 is 2.56 bits per heavy atom. The van der Waals surface area contributed by atoms with Crippen LogP contribution in [-0.4, -0.2) is 12.6 Å². The van der Waals surface area contributed by atoms with Crippen LogP contribution in [0.15, 0.2) is 12.2 Å². The van der Waals surface area contributed by atoms with Crippen LogP contribution in [0.1, 0.15) is 20.3 Å². The SMILES string of the molecule is C=C(C)CC(=O)OCC. The summed E-state index contributed by atoms with van der Waals surface area (Å²) in [6, 6.07) is 0. The standard InChI is InChI=1S/C7H12O2/c1-4-9-7(8)5-6(2)3/h2,4-5H2,1,3H3. The molecule has 2 heteroatoms. The molecule has 0 aromatic heterocycles. The second-order valence-corrected chi connectivity index (χ2v) is 1.94. The van der Waals surface area contributed by atoms with Gasteiger partial charge in [-0.3, -0.25) is 4.79 Å². The van der Waals surface area contributed by atoms with Crippen LogP contribution in [0.5, 0.6) is 0 Å². The first-order valence-corrected chi connectivity index (χ1v) is 2.96. The molecule has 0 aromatic carbocycles. The molecule has 0 radical (unpaired) electrons. The first-order chi connectivity index (χ1) is 4.16. The lowest BCUT2D eigenvalue weighted by Gasteiger charge is -1.98. The van der Waals surface area contributed by atoms with Crippen molar-refractivity contribution in [3.05, 3.63) is 12.2 Å². The quantitative estimate of drug-likeness (QED) is 0.425. The third-order valence-corrected chi connectivity index (χ3v) is 0.751. The minimum Gasteiger partial charge on any atom is -0.466 e. The molecule has 0 heterocycles. The molecule has 0 aliphatic rings. The van der Waals surface area contributed by atoms with Gasteiger partial charge >= 0.3 is 5.97 Å². The Morgan fingerprint density at radius 2 is 2.22 bits per heavy atom. The molecule has 52 valence electrons. The van der Waals surface area contributed by atoms with Gasteiger partial charge in [0.25, 0.3) is 0 Å². The number of carbonyl (C=O) groups excluding carboxylic acids is 1. The predicted octanol–water partition coefficient (Wildman–Crippen LogP) is 1.52. The first kappa shape index (κ1) is 8.21. The van der Waals surface area contributed by atoms with E-state index in [9.17, 15) is 4.79 Å². The van der Waals surface area contributed by atoms with E-state index in [2.05, 4.69) is 11.3 Å². The number of ether oxygens (including phenoxy) is 1. The van der Waals surface area contributed by atoms with E-state index in [1.54, 1.807) is 13.8 Å². The molecule has 0 aliphatic heterocycles. The van der Waals surface area contributed by atoms with Crippen molar-refractivity contribution in [1.82, 2.24) is 0 Å². The van der Waals surface area contributed by atoms with Gasteiger partial charge in [-0.1, -0.05) is 12.2 Å². The molecule has 9 heavy (non-hydrogen) atoms. The molecule has 0 amide bonds. The topological polar surface area (TPSA) is 26.3 Å². The van der Waals surface area contributed by atoms with Crippen LogP contribution in [-0.2, 0) is 9.53 Å². The van der Waals surface area contributed by atoms with Crippen molar-refractivity contribution in [2.75, 3.05) is 6.61 Å². The van der Waals surface area contributed by atoms with Crippen molar-refractivity contribution >= 4 is 5.97 Å². The Kier molecular flexibility index (Phi) is 3.76. The Balaban J connectivity index is 3.39. The molecule has 0 N–H and O–H groups in total. The number of esters is 1. The zero-order valence-corrected chi connectivity index (χ0v) is 5.94. The van der Waals surface area contributed by atoms with E-state index in [1.807, 2.05) is 0 Å².